The molecule has 1 heterocycles. The van der Waals surface area contributed by atoms with E-state index in [-0.39, 0.29) is 5.54 Å². The average molecular weight is 237 g/mol. The molecule has 1 rings (SSSR count). The molecule has 3 nitrogen and oxygen atoms in total. The van der Waals surface area contributed by atoms with Crippen LogP contribution < -0.4 is 5.32 Å². The first-order valence-electron chi connectivity index (χ1n) is 7.02. The first-order chi connectivity index (χ1) is 8.13. The molecule has 98 valence electrons. The Hall–Kier alpha value is -0.590. The number of likely N-dealkylation sites (tertiary alicyclic amines) is 1. The molecular weight excluding hydrogens is 210 g/mol. The van der Waals surface area contributed by atoms with Crippen molar-refractivity contribution in [1.82, 2.24) is 10.2 Å². The van der Waals surface area contributed by atoms with E-state index in [0.29, 0.717) is 0 Å². The predicted octanol–water partition coefficient (Wildman–Crippen LogP) is 2.39. The Morgan fingerprint density at radius 1 is 1.41 bits per heavy atom. The van der Waals surface area contributed by atoms with Crippen LogP contribution in [0.5, 0.6) is 0 Å². The Balaban J connectivity index is 2.39. The third-order valence-electron chi connectivity index (χ3n) is 3.62. The molecule has 1 fully saturated rings. The van der Waals surface area contributed by atoms with E-state index >= 15 is 0 Å². The highest BCUT2D eigenvalue weighted by Crippen LogP contribution is 2.22. The third kappa shape index (κ3) is 4.65. The fourth-order valence-electron chi connectivity index (χ4n) is 2.68. The van der Waals surface area contributed by atoms with E-state index in [2.05, 4.69) is 30.1 Å². The molecule has 0 aromatic rings. The molecule has 3 heteroatoms. The number of rotatable bonds is 7. The third-order valence-corrected chi connectivity index (χ3v) is 3.62. The van der Waals surface area contributed by atoms with Crippen molar-refractivity contribution < 1.29 is 0 Å². The van der Waals surface area contributed by atoms with E-state index in [4.69, 9.17) is 0 Å². The summed E-state index contributed by atoms with van der Waals surface area (Å²) < 4.78 is 0. The average Bonchev–Trinajstić information content (AvgIpc) is 2.74. The molecule has 2 atom stereocenters. The molecule has 0 saturated carbocycles. The van der Waals surface area contributed by atoms with Crippen LogP contribution in [0, 0.1) is 17.2 Å². The van der Waals surface area contributed by atoms with Gasteiger partial charge < -0.3 is 4.90 Å². The topological polar surface area (TPSA) is 39.1 Å². The van der Waals surface area contributed by atoms with Crippen molar-refractivity contribution in [3.63, 3.8) is 0 Å². The zero-order valence-corrected chi connectivity index (χ0v) is 11.6. The van der Waals surface area contributed by atoms with Crippen LogP contribution in [0.3, 0.4) is 0 Å². The molecule has 0 bridgehead atoms. The van der Waals surface area contributed by atoms with Gasteiger partial charge in [0.2, 0.25) is 0 Å². The molecule has 1 saturated heterocycles. The smallest absolute Gasteiger partial charge is 0.116 e. The number of nitriles is 1. The highest BCUT2D eigenvalue weighted by Gasteiger charge is 2.30. The second-order valence-electron chi connectivity index (χ2n) is 5.55. The summed E-state index contributed by atoms with van der Waals surface area (Å²) in [5.74, 6) is 0.856. The summed E-state index contributed by atoms with van der Waals surface area (Å²) in [6.07, 6.45) is 5.00. The highest BCUT2D eigenvalue weighted by molar-refractivity contribution is 5.06. The van der Waals surface area contributed by atoms with Gasteiger partial charge in [-0.1, -0.05) is 20.3 Å². The van der Waals surface area contributed by atoms with Gasteiger partial charge in [-0.25, -0.2) is 0 Å². The second kappa shape index (κ2) is 6.98. The summed E-state index contributed by atoms with van der Waals surface area (Å²) in [6, 6.07) is 2.43. The van der Waals surface area contributed by atoms with Gasteiger partial charge in [0.1, 0.15) is 5.54 Å². The Labute approximate surface area is 106 Å². The maximum Gasteiger partial charge on any atom is 0.116 e. The monoisotopic (exact) mass is 237 g/mol. The van der Waals surface area contributed by atoms with Gasteiger partial charge in [0.15, 0.2) is 0 Å². The predicted molar refractivity (Wildman–Crippen MR) is 71.8 cm³/mol. The molecule has 0 amide bonds. The van der Waals surface area contributed by atoms with Crippen molar-refractivity contribution in [1.29, 1.82) is 5.26 Å². The normalized spacial score (nSPS) is 24.5. The lowest BCUT2D eigenvalue weighted by Crippen LogP contribution is -2.50. The molecule has 0 radical (unpaired) electrons. The zero-order valence-electron chi connectivity index (χ0n) is 11.6. The minimum atomic E-state index is -0.378. The maximum atomic E-state index is 9.30. The quantitative estimate of drug-likeness (QED) is 0.739. The van der Waals surface area contributed by atoms with Crippen molar-refractivity contribution in [2.75, 3.05) is 26.2 Å². The van der Waals surface area contributed by atoms with E-state index in [0.717, 1.165) is 32.0 Å². The molecule has 0 aromatic heterocycles. The van der Waals surface area contributed by atoms with Gasteiger partial charge in [-0.3, -0.25) is 5.32 Å². The number of hydrogen-bond acceptors (Lipinski definition) is 3. The van der Waals surface area contributed by atoms with E-state index < -0.39 is 0 Å². The van der Waals surface area contributed by atoms with Gasteiger partial charge in [-0.2, -0.15) is 5.26 Å². The van der Waals surface area contributed by atoms with Gasteiger partial charge in [0, 0.05) is 13.1 Å². The van der Waals surface area contributed by atoms with Crippen molar-refractivity contribution in [3.05, 3.63) is 0 Å². The summed E-state index contributed by atoms with van der Waals surface area (Å²) >= 11 is 0. The molecule has 17 heavy (non-hydrogen) atoms. The molecule has 0 aromatic carbocycles. The van der Waals surface area contributed by atoms with Crippen molar-refractivity contribution in [3.8, 4) is 6.07 Å². The molecule has 1 N–H and O–H groups in total. The number of nitrogens with one attached hydrogen (secondary N) is 1. The standard InChI is InChI=1S/C14H27N3/c1-4-6-13-7-9-17(10-13)12-14(3,11-15)16-8-5-2/h13,16H,4-10,12H2,1-3H3. The van der Waals surface area contributed by atoms with Gasteiger partial charge in [-0.15, -0.1) is 0 Å². The van der Waals surface area contributed by atoms with Crippen molar-refractivity contribution in [2.45, 2.75) is 52.0 Å². The SMILES string of the molecule is CCCNC(C)(C#N)CN1CCC(CCC)C1. The minimum Gasteiger partial charge on any atom is -0.300 e. The number of hydrogen-bond donors (Lipinski definition) is 1. The van der Waals surface area contributed by atoms with Crippen LogP contribution in [0.25, 0.3) is 0 Å². The van der Waals surface area contributed by atoms with Crippen molar-refractivity contribution in [2.24, 2.45) is 5.92 Å². The second-order valence-corrected chi connectivity index (χ2v) is 5.55. The largest absolute Gasteiger partial charge is 0.300 e. The summed E-state index contributed by atoms with van der Waals surface area (Å²) in [6.45, 7) is 10.5. The summed E-state index contributed by atoms with van der Waals surface area (Å²) in [5, 5.41) is 12.7. The molecule has 1 aliphatic heterocycles. The fraction of sp³-hybridized carbons (Fsp3) is 0.929. The van der Waals surface area contributed by atoms with Crippen LogP contribution in [0.4, 0.5) is 0 Å². The first-order valence-corrected chi connectivity index (χ1v) is 7.02. The lowest BCUT2D eigenvalue weighted by Gasteiger charge is -2.28. The Morgan fingerprint density at radius 3 is 2.76 bits per heavy atom. The first kappa shape index (κ1) is 14.5. The molecule has 1 aliphatic rings. The minimum absolute atomic E-state index is 0.378. The Kier molecular flexibility index (Phi) is 5.94. The van der Waals surface area contributed by atoms with Crippen LogP contribution in [-0.4, -0.2) is 36.6 Å². The van der Waals surface area contributed by atoms with E-state index in [9.17, 15) is 5.26 Å². The van der Waals surface area contributed by atoms with Crippen LogP contribution in [0.15, 0.2) is 0 Å². The lowest BCUT2D eigenvalue weighted by atomic mass is 10.0. The Bertz CT molecular complexity index is 259. The van der Waals surface area contributed by atoms with Crippen molar-refractivity contribution >= 4 is 0 Å². The van der Waals surface area contributed by atoms with Gasteiger partial charge in [0.25, 0.3) is 0 Å². The zero-order chi connectivity index (χ0) is 12.7. The van der Waals surface area contributed by atoms with Gasteiger partial charge in [0.05, 0.1) is 6.07 Å². The van der Waals surface area contributed by atoms with Crippen LogP contribution in [-0.2, 0) is 0 Å². The highest BCUT2D eigenvalue weighted by atomic mass is 15.2. The van der Waals surface area contributed by atoms with Gasteiger partial charge >= 0.3 is 0 Å². The molecule has 2 unspecified atom stereocenters. The summed E-state index contributed by atoms with van der Waals surface area (Å²) in [4.78, 5) is 2.45. The lowest BCUT2D eigenvalue weighted by molar-refractivity contribution is 0.252. The van der Waals surface area contributed by atoms with Gasteiger partial charge in [-0.05, 0) is 45.2 Å². The number of nitrogens with zero attached hydrogens (tertiary/aromatic N) is 2. The molecule has 0 spiro atoms. The van der Waals surface area contributed by atoms with Crippen LogP contribution in [0.1, 0.15) is 46.5 Å². The van der Waals surface area contributed by atoms with Crippen LogP contribution in [0.2, 0.25) is 0 Å². The summed E-state index contributed by atoms with van der Waals surface area (Å²) in [5.41, 5.74) is -0.378. The van der Waals surface area contributed by atoms with E-state index in [1.807, 2.05) is 6.92 Å². The summed E-state index contributed by atoms with van der Waals surface area (Å²) in [7, 11) is 0. The van der Waals surface area contributed by atoms with E-state index in [1.54, 1.807) is 0 Å². The molecule has 0 aliphatic carbocycles. The fourth-order valence-corrected chi connectivity index (χ4v) is 2.68. The van der Waals surface area contributed by atoms with E-state index in [1.165, 1.54) is 25.8 Å². The van der Waals surface area contributed by atoms with Crippen LogP contribution >= 0.6 is 0 Å². The molecular formula is C14H27N3. The Morgan fingerprint density at radius 2 is 2.18 bits per heavy atom. The maximum absolute atomic E-state index is 9.30.